The van der Waals surface area contributed by atoms with Gasteiger partial charge < -0.3 is 10.4 Å². The first-order valence-electron chi connectivity index (χ1n) is 6.42. The summed E-state index contributed by atoms with van der Waals surface area (Å²) in [7, 11) is 0. The van der Waals surface area contributed by atoms with Crippen molar-refractivity contribution in [2.45, 2.75) is 44.1 Å². The fraction of sp³-hybridized carbons (Fsp3) is 0.538. The maximum absolute atomic E-state index is 12.1. The zero-order chi connectivity index (χ0) is 13.7. The molecule has 0 spiro atoms. The van der Waals surface area contributed by atoms with Gasteiger partial charge in [-0.1, -0.05) is 19.3 Å². The molecule has 2 N–H and O–H groups in total. The zero-order valence-electron chi connectivity index (χ0n) is 10.6. The SMILES string of the molecule is O=C(O)CC1(NC(=O)c2ccnnc2)CCCCC1. The number of aliphatic carboxylic acids is 1. The largest absolute Gasteiger partial charge is 0.481 e. The van der Waals surface area contributed by atoms with E-state index in [0.29, 0.717) is 18.4 Å². The number of hydrogen-bond donors (Lipinski definition) is 2. The Morgan fingerprint density at radius 1 is 1.26 bits per heavy atom. The molecule has 0 unspecified atom stereocenters. The number of nitrogens with one attached hydrogen (secondary N) is 1. The number of carboxylic acid groups (broad SMARTS) is 1. The van der Waals surface area contributed by atoms with Gasteiger partial charge in [0.1, 0.15) is 0 Å². The Balaban J connectivity index is 2.11. The summed E-state index contributed by atoms with van der Waals surface area (Å²) in [6, 6.07) is 1.57. The third kappa shape index (κ3) is 3.49. The molecule has 6 nitrogen and oxygen atoms in total. The maximum Gasteiger partial charge on any atom is 0.305 e. The van der Waals surface area contributed by atoms with Crippen molar-refractivity contribution in [1.82, 2.24) is 15.5 Å². The Morgan fingerprint density at radius 3 is 2.58 bits per heavy atom. The summed E-state index contributed by atoms with van der Waals surface area (Å²) < 4.78 is 0. The summed E-state index contributed by atoms with van der Waals surface area (Å²) in [6.07, 6.45) is 7.20. The molecule has 1 aliphatic carbocycles. The monoisotopic (exact) mass is 263 g/mol. The van der Waals surface area contributed by atoms with Gasteiger partial charge in [-0.05, 0) is 18.9 Å². The number of nitrogens with zero attached hydrogens (tertiary/aromatic N) is 2. The third-order valence-electron chi connectivity index (χ3n) is 3.53. The molecule has 19 heavy (non-hydrogen) atoms. The van der Waals surface area contributed by atoms with E-state index in [1.54, 1.807) is 6.07 Å². The van der Waals surface area contributed by atoms with Gasteiger partial charge in [0, 0.05) is 0 Å². The van der Waals surface area contributed by atoms with Gasteiger partial charge in [0.15, 0.2) is 0 Å². The highest BCUT2D eigenvalue weighted by atomic mass is 16.4. The molecular formula is C13H17N3O3. The van der Waals surface area contributed by atoms with E-state index >= 15 is 0 Å². The molecule has 0 aromatic carbocycles. The number of hydrogen-bond acceptors (Lipinski definition) is 4. The first kappa shape index (κ1) is 13.5. The number of amides is 1. The molecule has 1 aromatic rings. The highest BCUT2D eigenvalue weighted by Gasteiger charge is 2.36. The van der Waals surface area contributed by atoms with Crippen molar-refractivity contribution < 1.29 is 14.7 Å². The minimum atomic E-state index is -0.880. The third-order valence-corrected chi connectivity index (χ3v) is 3.53. The molecule has 1 heterocycles. The van der Waals surface area contributed by atoms with Crippen LogP contribution in [0.15, 0.2) is 18.5 Å². The Morgan fingerprint density at radius 2 is 2.00 bits per heavy atom. The second-order valence-electron chi connectivity index (χ2n) is 5.00. The molecule has 0 bridgehead atoms. The maximum atomic E-state index is 12.1. The van der Waals surface area contributed by atoms with E-state index in [9.17, 15) is 9.59 Å². The van der Waals surface area contributed by atoms with E-state index < -0.39 is 11.5 Å². The van der Waals surface area contributed by atoms with Crippen LogP contribution >= 0.6 is 0 Å². The van der Waals surface area contributed by atoms with Gasteiger partial charge in [-0.15, -0.1) is 0 Å². The number of carbonyl (C=O) groups is 2. The molecule has 6 heteroatoms. The number of carboxylic acids is 1. The summed E-state index contributed by atoms with van der Waals surface area (Å²) in [5, 5.41) is 19.2. The lowest BCUT2D eigenvalue weighted by Gasteiger charge is -2.37. The van der Waals surface area contributed by atoms with Crippen LogP contribution in [0, 0.1) is 0 Å². The van der Waals surface area contributed by atoms with Gasteiger partial charge in [-0.2, -0.15) is 10.2 Å². The van der Waals surface area contributed by atoms with E-state index in [-0.39, 0.29) is 12.3 Å². The van der Waals surface area contributed by atoms with E-state index in [0.717, 1.165) is 19.3 Å². The normalized spacial score (nSPS) is 17.7. The minimum absolute atomic E-state index is 0.0305. The molecule has 1 aromatic heterocycles. The number of rotatable bonds is 4. The fourth-order valence-corrected chi connectivity index (χ4v) is 2.60. The lowest BCUT2D eigenvalue weighted by molar-refractivity contribution is -0.139. The standard InChI is InChI=1S/C13H17N3O3/c17-11(18)8-13(5-2-1-3-6-13)16-12(19)10-4-7-14-15-9-10/h4,7,9H,1-3,5-6,8H2,(H,16,19)(H,17,18). The lowest BCUT2D eigenvalue weighted by atomic mass is 9.79. The van der Waals surface area contributed by atoms with Crippen LogP contribution in [0.3, 0.4) is 0 Å². The van der Waals surface area contributed by atoms with Gasteiger partial charge in [0.25, 0.3) is 5.91 Å². The van der Waals surface area contributed by atoms with Gasteiger partial charge >= 0.3 is 5.97 Å². The van der Waals surface area contributed by atoms with E-state index in [2.05, 4.69) is 15.5 Å². The van der Waals surface area contributed by atoms with Crippen LogP contribution in [0.1, 0.15) is 48.9 Å². The van der Waals surface area contributed by atoms with Crippen LogP contribution in [-0.2, 0) is 4.79 Å². The van der Waals surface area contributed by atoms with Crippen molar-refractivity contribution in [1.29, 1.82) is 0 Å². The van der Waals surface area contributed by atoms with Crippen LogP contribution in [0.25, 0.3) is 0 Å². The number of aromatic nitrogens is 2. The molecule has 1 aliphatic rings. The van der Waals surface area contributed by atoms with Gasteiger partial charge in [0.05, 0.1) is 29.9 Å². The highest BCUT2D eigenvalue weighted by molar-refractivity contribution is 5.94. The Kier molecular flexibility index (Phi) is 4.09. The first-order valence-corrected chi connectivity index (χ1v) is 6.42. The lowest BCUT2D eigenvalue weighted by Crippen LogP contribution is -2.51. The van der Waals surface area contributed by atoms with Crippen molar-refractivity contribution >= 4 is 11.9 Å². The molecular weight excluding hydrogens is 246 g/mol. The van der Waals surface area contributed by atoms with Crippen molar-refractivity contribution in [2.24, 2.45) is 0 Å². The van der Waals surface area contributed by atoms with E-state index in [1.807, 2.05) is 0 Å². The summed E-state index contributed by atoms with van der Waals surface area (Å²) >= 11 is 0. The topological polar surface area (TPSA) is 92.2 Å². The molecule has 0 saturated heterocycles. The molecule has 1 saturated carbocycles. The molecule has 102 valence electrons. The molecule has 1 fully saturated rings. The van der Waals surface area contributed by atoms with Crippen molar-refractivity contribution in [3.63, 3.8) is 0 Å². The molecule has 0 atom stereocenters. The molecule has 2 rings (SSSR count). The van der Waals surface area contributed by atoms with Crippen LogP contribution in [0.4, 0.5) is 0 Å². The summed E-state index contributed by atoms with van der Waals surface area (Å²) in [5.74, 6) is -1.16. The fourth-order valence-electron chi connectivity index (χ4n) is 2.60. The van der Waals surface area contributed by atoms with Crippen LogP contribution < -0.4 is 5.32 Å². The quantitative estimate of drug-likeness (QED) is 0.856. The second kappa shape index (κ2) is 5.77. The predicted molar refractivity (Wildman–Crippen MR) is 67.6 cm³/mol. The molecule has 0 aliphatic heterocycles. The Bertz CT molecular complexity index is 455. The summed E-state index contributed by atoms with van der Waals surface area (Å²) in [5.41, 5.74) is -0.213. The predicted octanol–water partition coefficient (Wildman–Crippen LogP) is 1.38. The summed E-state index contributed by atoms with van der Waals surface area (Å²) in [4.78, 5) is 23.1. The van der Waals surface area contributed by atoms with Crippen LogP contribution in [0.2, 0.25) is 0 Å². The van der Waals surface area contributed by atoms with Crippen molar-refractivity contribution in [3.8, 4) is 0 Å². The van der Waals surface area contributed by atoms with Crippen molar-refractivity contribution in [2.75, 3.05) is 0 Å². The van der Waals surface area contributed by atoms with E-state index in [1.165, 1.54) is 12.4 Å². The second-order valence-corrected chi connectivity index (χ2v) is 5.00. The van der Waals surface area contributed by atoms with Crippen molar-refractivity contribution in [3.05, 3.63) is 24.0 Å². The highest BCUT2D eigenvalue weighted by Crippen LogP contribution is 2.31. The first-order chi connectivity index (χ1) is 9.11. The average molecular weight is 263 g/mol. The van der Waals surface area contributed by atoms with Gasteiger partial charge in [0.2, 0.25) is 0 Å². The Hall–Kier alpha value is -1.98. The number of carbonyl (C=O) groups excluding carboxylic acids is 1. The minimum Gasteiger partial charge on any atom is -0.481 e. The molecule has 1 amide bonds. The Labute approximate surface area is 111 Å². The van der Waals surface area contributed by atoms with E-state index in [4.69, 9.17) is 5.11 Å². The zero-order valence-corrected chi connectivity index (χ0v) is 10.6. The summed E-state index contributed by atoms with van der Waals surface area (Å²) in [6.45, 7) is 0. The smallest absolute Gasteiger partial charge is 0.305 e. The van der Waals surface area contributed by atoms with Gasteiger partial charge in [-0.3, -0.25) is 9.59 Å². The van der Waals surface area contributed by atoms with Crippen LogP contribution in [-0.4, -0.2) is 32.7 Å². The average Bonchev–Trinajstić information content (AvgIpc) is 2.39. The van der Waals surface area contributed by atoms with Crippen LogP contribution in [0.5, 0.6) is 0 Å². The molecule has 0 radical (unpaired) electrons. The van der Waals surface area contributed by atoms with Gasteiger partial charge in [-0.25, -0.2) is 0 Å².